The quantitative estimate of drug-likeness (QED) is 0.338. The van der Waals surface area contributed by atoms with Crippen LogP contribution in [0.3, 0.4) is 0 Å². The van der Waals surface area contributed by atoms with Gasteiger partial charge >= 0.3 is 0 Å². The topological polar surface area (TPSA) is 86.8 Å². The first-order valence-corrected chi connectivity index (χ1v) is 15.5. The molecule has 1 fully saturated rings. The van der Waals surface area contributed by atoms with Crippen LogP contribution < -0.4 is 9.62 Å². The minimum Gasteiger partial charge on any atom is -0.352 e. The van der Waals surface area contributed by atoms with E-state index in [1.165, 1.54) is 4.90 Å². The Balaban J connectivity index is 1.79. The van der Waals surface area contributed by atoms with Crippen LogP contribution in [0.5, 0.6) is 0 Å². The second kappa shape index (κ2) is 13.8. The van der Waals surface area contributed by atoms with E-state index in [0.29, 0.717) is 22.0 Å². The van der Waals surface area contributed by atoms with Crippen molar-refractivity contribution in [3.63, 3.8) is 0 Å². The van der Waals surface area contributed by atoms with Crippen LogP contribution in [0.1, 0.15) is 57.4 Å². The first-order valence-electron chi connectivity index (χ1n) is 12.9. The van der Waals surface area contributed by atoms with E-state index < -0.39 is 27.7 Å². The molecule has 0 spiro atoms. The normalized spacial score (nSPS) is 14.7. The number of sulfonamides is 1. The van der Waals surface area contributed by atoms with Gasteiger partial charge in [0, 0.05) is 41.7 Å². The Morgan fingerprint density at radius 2 is 1.77 bits per heavy atom. The average Bonchev–Trinajstić information content (AvgIpc) is 3.37. The SMILES string of the molecule is CC[C@@H](C(=O)NC1CCCC1)N(Cc1ccc(Cl)cc1Cl)C(=O)CCCN(c1ccc(F)c(F)c1)S(C)(=O)=O. The van der Waals surface area contributed by atoms with Crippen LogP contribution in [0.4, 0.5) is 14.5 Å². The summed E-state index contributed by atoms with van der Waals surface area (Å²) in [6, 6.07) is 7.03. The summed E-state index contributed by atoms with van der Waals surface area (Å²) in [4.78, 5) is 28.2. The Morgan fingerprint density at radius 3 is 2.36 bits per heavy atom. The summed E-state index contributed by atoms with van der Waals surface area (Å²) >= 11 is 12.4. The highest BCUT2D eigenvalue weighted by Crippen LogP contribution is 2.26. The first kappa shape index (κ1) is 31.1. The van der Waals surface area contributed by atoms with Gasteiger partial charge in [-0.25, -0.2) is 17.2 Å². The van der Waals surface area contributed by atoms with Crippen molar-refractivity contribution in [1.82, 2.24) is 10.2 Å². The summed E-state index contributed by atoms with van der Waals surface area (Å²) in [6.45, 7) is 1.73. The molecule has 1 aliphatic carbocycles. The van der Waals surface area contributed by atoms with E-state index in [1.54, 1.807) is 18.2 Å². The van der Waals surface area contributed by atoms with Crippen LogP contribution in [0.15, 0.2) is 36.4 Å². The molecule has 7 nitrogen and oxygen atoms in total. The number of rotatable bonds is 12. The van der Waals surface area contributed by atoms with Crippen molar-refractivity contribution in [3.05, 3.63) is 63.6 Å². The Hall–Kier alpha value is -2.43. The molecule has 39 heavy (non-hydrogen) atoms. The predicted octanol–water partition coefficient (Wildman–Crippen LogP) is 5.68. The zero-order valence-electron chi connectivity index (χ0n) is 21.9. The lowest BCUT2D eigenvalue weighted by molar-refractivity contribution is -0.141. The van der Waals surface area contributed by atoms with Gasteiger partial charge in [0.2, 0.25) is 21.8 Å². The van der Waals surface area contributed by atoms with Crippen molar-refractivity contribution in [1.29, 1.82) is 0 Å². The Kier molecular flexibility index (Phi) is 11.0. The number of halogens is 4. The van der Waals surface area contributed by atoms with Gasteiger partial charge in [-0.15, -0.1) is 0 Å². The van der Waals surface area contributed by atoms with Crippen molar-refractivity contribution >= 4 is 50.7 Å². The number of amides is 2. The molecule has 3 rings (SSSR count). The Labute approximate surface area is 238 Å². The maximum atomic E-state index is 13.8. The van der Waals surface area contributed by atoms with E-state index in [2.05, 4.69) is 5.32 Å². The second-order valence-corrected chi connectivity index (χ2v) is 12.5. The molecule has 1 atom stereocenters. The van der Waals surface area contributed by atoms with Gasteiger partial charge in [-0.05, 0) is 55.5 Å². The summed E-state index contributed by atoms with van der Waals surface area (Å²) < 4.78 is 52.9. The van der Waals surface area contributed by atoms with Crippen molar-refractivity contribution in [2.24, 2.45) is 0 Å². The number of hydrogen-bond donors (Lipinski definition) is 1. The summed E-state index contributed by atoms with van der Waals surface area (Å²) in [5.74, 6) is -2.89. The van der Waals surface area contributed by atoms with Gasteiger partial charge in [-0.1, -0.05) is 49.0 Å². The Morgan fingerprint density at radius 1 is 1.08 bits per heavy atom. The highest BCUT2D eigenvalue weighted by molar-refractivity contribution is 7.92. The number of hydrogen-bond acceptors (Lipinski definition) is 4. The zero-order chi connectivity index (χ0) is 28.7. The molecule has 0 aliphatic heterocycles. The molecule has 214 valence electrons. The molecule has 0 radical (unpaired) electrons. The third kappa shape index (κ3) is 8.53. The van der Waals surface area contributed by atoms with Crippen molar-refractivity contribution in [2.75, 3.05) is 17.1 Å². The molecular formula is C27H33Cl2F2N3O4S. The van der Waals surface area contributed by atoms with Gasteiger partial charge in [-0.2, -0.15) is 0 Å². The molecule has 0 unspecified atom stereocenters. The van der Waals surface area contributed by atoms with Gasteiger partial charge in [0.15, 0.2) is 11.6 Å². The van der Waals surface area contributed by atoms with Gasteiger partial charge in [-0.3, -0.25) is 13.9 Å². The third-order valence-corrected chi connectivity index (χ3v) is 8.57. The van der Waals surface area contributed by atoms with Crippen LogP contribution in [0, 0.1) is 11.6 Å². The molecule has 0 aromatic heterocycles. The van der Waals surface area contributed by atoms with Gasteiger partial charge in [0.1, 0.15) is 6.04 Å². The van der Waals surface area contributed by atoms with Crippen LogP contribution in [0.2, 0.25) is 10.0 Å². The van der Waals surface area contributed by atoms with Gasteiger partial charge in [0.25, 0.3) is 0 Å². The van der Waals surface area contributed by atoms with Crippen LogP contribution in [0.25, 0.3) is 0 Å². The van der Waals surface area contributed by atoms with Crippen LogP contribution >= 0.6 is 23.2 Å². The number of carbonyl (C=O) groups excluding carboxylic acids is 2. The van der Waals surface area contributed by atoms with Gasteiger partial charge < -0.3 is 10.2 Å². The molecule has 2 aromatic carbocycles. The molecule has 1 aliphatic rings. The molecule has 12 heteroatoms. The van der Waals surface area contributed by atoms with Crippen molar-refractivity contribution < 1.29 is 26.8 Å². The lowest BCUT2D eigenvalue weighted by Gasteiger charge is -2.32. The fourth-order valence-corrected chi connectivity index (χ4v) is 6.19. The van der Waals surface area contributed by atoms with Crippen molar-refractivity contribution in [3.8, 4) is 0 Å². The highest BCUT2D eigenvalue weighted by Gasteiger charge is 2.31. The first-order chi connectivity index (χ1) is 18.4. The molecule has 1 N–H and O–H groups in total. The predicted molar refractivity (Wildman–Crippen MR) is 149 cm³/mol. The minimum atomic E-state index is -3.85. The standard InChI is InChI=1S/C27H33Cl2F2N3O4S/c1-3-25(27(36)32-20-7-4-5-8-20)33(17-18-10-11-19(28)15-22(18)29)26(35)9-6-14-34(39(2,37)38)21-12-13-23(30)24(31)16-21/h10-13,15-16,20,25H,3-9,14,17H2,1-2H3,(H,32,36)/t25-/m0/s1. The molecular weight excluding hydrogens is 571 g/mol. The number of nitrogens with zero attached hydrogens (tertiary/aromatic N) is 2. The van der Waals surface area contributed by atoms with Gasteiger partial charge in [0.05, 0.1) is 11.9 Å². The van der Waals surface area contributed by atoms with E-state index in [4.69, 9.17) is 23.2 Å². The molecule has 0 heterocycles. The van der Waals surface area contributed by atoms with Crippen LogP contribution in [-0.2, 0) is 26.2 Å². The zero-order valence-corrected chi connectivity index (χ0v) is 24.3. The van der Waals surface area contributed by atoms with E-state index in [0.717, 1.165) is 54.4 Å². The molecule has 1 saturated carbocycles. The number of nitrogens with one attached hydrogen (secondary N) is 1. The summed E-state index contributed by atoms with van der Waals surface area (Å²) in [7, 11) is -3.85. The van der Waals surface area contributed by atoms with Crippen molar-refractivity contribution in [2.45, 2.75) is 70.5 Å². The van der Waals surface area contributed by atoms with Crippen LogP contribution in [-0.4, -0.2) is 50.0 Å². The van der Waals surface area contributed by atoms with E-state index in [1.807, 2.05) is 6.92 Å². The molecule has 2 aromatic rings. The number of carbonyl (C=O) groups is 2. The number of anilines is 1. The summed E-state index contributed by atoms with van der Waals surface area (Å²) in [6.07, 6.45) is 5.17. The molecule has 0 bridgehead atoms. The third-order valence-electron chi connectivity index (χ3n) is 6.79. The number of benzene rings is 2. The fraction of sp³-hybridized carbons (Fsp3) is 0.481. The summed E-state index contributed by atoms with van der Waals surface area (Å²) in [5.41, 5.74) is 0.567. The second-order valence-electron chi connectivity index (χ2n) is 9.71. The maximum absolute atomic E-state index is 13.8. The fourth-order valence-electron chi connectivity index (χ4n) is 4.76. The molecule has 0 saturated heterocycles. The minimum absolute atomic E-state index is 0.0453. The summed E-state index contributed by atoms with van der Waals surface area (Å²) in [5, 5.41) is 3.85. The van der Waals surface area contributed by atoms with E-state index in [9.17, 15) is 26.8 Å². The Bertz CT molecular complexity index is 1290. The smallest absolute Gasteiger partial charge is 0.243 e. The lowest BCUT2D eigenvalue weighted by Crippen LogP contribution is -2.51. The van der Waals surface area contributed by atoms with E-state index in [-0.39, 0.29) is 49.5 Å². The highest BCUT2D eigenvalue weighted by atomic mass is 35.5. The monoisotopic (exact) mass is 603 g/mol. The molecule has 2 amide bonds. The van der Waals surface area contributed by atoms with E-state index >= 15 is 0 Å². The average molecular weight is 605 g/mol. The maximum Gasteiger partial charge on any atom is 0.243 e. The lowest BCUT2D eigenvalue weighted by atomic mass is 10.1. The largest absolute Gasteiger partial charge is 0.352 e.